The number of fused-ring (bicyclic) bond motifs is 1. The van der Waals surface area contributed by atoms with Crippen molar-refractivity contribution in [3.8, 4) is 5.75 Å². The lowest BCUT2D eigenvalue weighted by molar-refractivity contribution is -0.138. The maximum Gasteiger partial charge on any atom is 0.326 e. The summed E-state index contributed by atoms with van der Waals surface area (Å²) in [5.74, 6) is 0.441. The number of benzene rings is 1. The van der Waals surface area contributed by atoms with Gasteiger partial charge < -0.3 is 14.7 Å². The van der Waals surface area contributed by atoms with Crippen molar-refractivity contribution >= 4 is 11.7 Å². The zero-order valence-electron chi connectivity index (χ0n) is 13.5. The molecule has 0 aromatic heterocycles. The van der Waals surface area contributed by atoms with E-state index in [1.54, 1.807) is 6.92 Å². The molecule has 0 aliphatic carbocycles. The third-order valence-corrected chi connectivity index (χ3v) is 4.30. The van der Waals surface area contributed by atoms with E-state index in [1.807, 2.05) is 24.0 Å². The molecule has 0 unspecified atom stereocenters. The summed E-state index contributed by atoms with van der Waals surface area (Å²) in [7, 11) is 0. The van der Waals surface area contributed by atoms with Crippen LogP contribution in [0.5, 0.6) is 5.75 Å². The lowest BCUT2D eigenvalue weighted by atomic mass is 9.79. The van der Waals surface area contributed by atoms with Crippen LogP contribution in [0.15, 0.2) is 18.2 Å². The van der Waals surface area contributed by atoms with Gasteiger partial charge in [-0.1, -0.05) is 6.92 Å². The van der Waals surface area contributed by atoms with Crippen LogP contribution in [-0.4, -0.2) is 29.3 Å². The van der Waals surface area contributed by atoms with Crippen molar-refractivity contribution in [3.05, 3.63) is 23.8 Å². The molecule has 4 nitrogen and oxygen atoms in total. The van der Waals surface area contributed by atoms with Gasteiger partial charge in [0.25, 0.3) is 0 Å². The van der Waals surface area contributed by atoms with E-state index in [9.17, 15) is 9.90 Å². The molecule has 0 amide bonds. The van der Waals surface area contributed by atoms with Gasteiger partial charge in [-0.3, -0.25) is 0 Å². The Labute approximate surface area is 126 Å². The molecular formula is C17H25NO3. The first-order valence-electron chi connectivity index (χ1n) is 7.56. The highest BCUT2D eigenvalue weighted by Gasteiger charge is 2.40. The van der Waals surface area contributed by atoms with Gasteiger partial charge in [0.05, 0.1) is 6.61 Å². The molecule has 21 heavy (non-hydrogen) atoms. The van der Waals surface area contributed by atoms with Gasteiger partial charge in [0, 0.05) is 11.2 Å². The quantitative estimate of drug-likeness (QED) is 0.920. The maximum absolute atomic E-state index is 11.5. The van der Waals surface area contributed by atoms with Crippen molar-refractivity contribution < 1.29 is 14.6 Å². The Morgan fingerprint density at radius 1 is 1.52 bits per heavy atom. The minimum Gasteiger partial charge on any atom is -0.494 e. The van der Waals surface area contributed by atoms with Crippen LogP contribution >= 0.6 is 0 Å². The lowest BCUT2D eigenvalue weighted by Gasteiger charge is -2.49. The van der Waals surface area contributed by atoms with Gasteiger partial charge in [0.2, 0.25) is 0 Å². The first-order valence-corrected chi connectivity index (χ1v) is 7.56. The van der Waals surface area contributed by atoms with Gasteiger partial charge in [-0.25, -0.2) is 4.79 Å². The van der Waals surface area contributed by atoms with Crippen molar-refractivity contribution in [2.45, 2.75) is 58.5 Å². The molecular weight excluding hydrogens is 266 g/mol. The predicted octanol–water partition coefficient (Wildman–Crippen LogP) is 3.65. The van der Waals surface area contributed by atoms with Crippen molar-refractivity contribution in [2.24, 2.45) is 0 Å². The van der Waals surface area contributed by atoms with Crippen LogP contribution < -0.4 is 9.64 Å². The molecule has 1 aliphatic rings. The summed E-state index contributed by atoms with van der Waals surface area (Å²) in [4.78, 5) is 13.5. The van der Waals surface area contributed by atoms with Crippen LogP contribution in [0.1, 0.15) is 52.5 Å². The van der Waals surface area contributed by atoms with Crippen molar-refractivity contribution in [2.75, 3.05) is 11.5 Å². The van der Waals surface area contributed by atoms with Gasteiger partial charge in [-0.15, -0.1) is 0 Å². The zero-order chi connectivity index (χ0) is 15.8. The van der Waals surface area contributed by atoms with Gasteiger partial charge in [-0.2, -0.15) is 0 Å². The SMILES string of the molecule is CCOc1ccc2c(c1)[C@@H](C)CC(C)(C)N2[C@H](C)C(=O)O. The summed E-state index contributed by atoms with van der Waals surface area (Å²) >= 11 is 0. The molecule has 1 aromatic rings. The summed E-state index contributed by atoms with van der Waals surface area (Å²) in [6.45, 7) is 10.8. The standard InChI is InChI=1S/C17H25NO3/c1-6-21-13-7-8-15-14(9-13)11(2)10-17(4,5)18(15)12(3)16(19)20/h7-9,11-12H,6,10H2,1-5H3,(H,19,20)/t11-,12+/m0/s1. The highest BCUT2D eigenvalue weighted by Crippen LogP contribution is 2.45. The van der Waals surface area contributed by atoms with E-state index >= 15 is 0 Å². The highest BCUT2D eigenvalue weighted by atomic mass is 16.5. The Morgan fingerprint density at radius 3 is 2.76 bits per heavy atom. The Bertz CT molecular complexity index is 539. The smallest absolute Gasteiger partial charge is 0.326 e. The Morgan fingerprint density at radius 2 is 2.19 bits per heavy atom. The number of hydrogen-bond donors (Lipinski definition) is 1. The minimum absolute atomic E-state index is 0.183. The first kappa shape index (κ1) is 15.7. The number of carboxylic acid groups (broad SMARTS) is 1. The zero-order valence-corrected chi connectivity index (χ0v) is 13.5. The fraction of sp³-hybridized carbons (Fsp3) is 0.588. The van der Waals surface area contributed by atoms with E-state index in [-0.39, 0.29) is 5.54 Å². The summed E-state index contributed by atoms with van der Waals surface area (Å²) in [5, 5.41) is 9.43. The van der Waals surface area contributed by atoms with Crippen LogP contribution in [0.2, 0.25) is 0 Å². The van der Waals surface area contributed by atoms with E-state index in [2.05, 4.69) is 26.8 Å². The molecule has 0 spiro atoms. The molecule has 1 aromatic carbocycles. The molecule has 1 aliphatic heterocycles. The fourth-order valence-electron chi connectivity index (χ4n) is 3.53. The number of carboxylic acids is 1. The molecule has 4 heteroatoms. The average Bonchev–Trinajstić information content (AvgIpc) is 2.38. The molecule has 0 saturated heterocycles. The lowest BCUT2D eigenvalue weighted by Crippen LogP contribution is -2.55. The third kappa shape index (κ3) is 2.85. The molecule has 1 N–H and O–H groups in total. The molecule has 0 fully saturated rings. The highest BCUT2D eigenvalue weighted by molar-refractivity contribution is 5.79. The molecule has 2 rings (SSSR count). The second kappa shape index (κ2) is 5.58. The Kier molecular flexibility index (Phi) is 4.17. The molecule has 0 radical (unpaired) electrons. The van der Waals surface area contributed by atoms with Gasteiger partial charge >= 0.3 is 5.97 Å². The molecule has 1 heterocycles. The average molecular weight is 291 g/mol. The second-order valence-electron chi connectivity index (χ2n) is 6.46. The Balaban J connectivity index is 2.52. The van der Waals surface area contributed by atoms with Gasteiger partial charge in [0.1, 0.15) is 11.8 Å². The van der Waals surface area contributed by atoms with E-state index in [1.165, 1.54) is 5.56 Å². The van der Waals surface area contributed by atoms with Crippen LogP contribution in [0.4, 0.5) is 5.69 Å². The van der Waals surface area contributed by atoms with Crippen LogP contribution in [0.25, 0.3) is 0 Å². The van der Waals surface area contributed by atoms with Gasteiger partial charge in [-0.05, 0) is 63.8 Å². The van der Waals surface area contributed by atoms with E-state index < -0.39 is 12.0 Å². The van der Waals surface area contributed by atoms with Crippen molar-refractivity contribution in [3.63, 3.8) is 0 Å². The molecule has 116 valence electrons. The fourth-order valence-corrected chi connectivity index (χ4v) is 3.53. The second-order valence-corrected chi connectivity index (χ2v) is 6.46. The monoisotopic (exact) mass is 291 g/mol. The van der Waals surface area contributed by atoms with E-state index in [4.69, 9.17) is 4.74 Å². The van der Waals surface area contributed by atoms with Crippen molar-refractivity contribution in [1.82, 2.24) is 0 Å². The van der Waals surface area contributed by atoms with Gasteiger partial charge in [0.15, 0.2) is 0 Å². The molecule has 0 bridgehead atoms. The van der Waals surface area contributed by atoms with Crippen LogP contribution in [0.3, 0.4) is 0 Å². The summed E-state index contributed by atoms with van der Waals surface area (Å²) in [6.07, 6.45) is 0.924. The number of ether oxygens (including phenoxy) is 1. The number of aliphatic carboxylic acids is 1. The summed E-state index contributed by atoms with van der Waals surface area (Å²) < 4.78 is 5.58. The van der Waals surface area contributed by atoms with E-state index in [0.29, 0.717) is 12.5 Å². The number of carbonyl (C=O) groups is 1. The first-order chi connectivity index (χ1) is 9.77. The third-order valence-electron chi connectivity index (χ3n) is 4.30. The van der Waals surface area contributed by atoms with Crippen LogP contribution in [0, 0.1) is 0 Å². The normalized spacial score (nSPS) is 21.6. The summed E-state index contributed by atoms with van der Waals surface area (Å²) in [6, 6.07) is 5.43. The number of nitrogens with zero attached hydrogens (tertiary/aromatic N) is 1. The Hall–Kier alpha value is -1.71. The minimum atomic E-state index is -0.794. The number of hydrogen-bond acceptors (Lipinski definition) is 3. The van der Waals surface area contributed by atoms with Crippen LogP contribution in [-0.2, 0) is 4.79 Å². The summed E-state index contributed by atoms with van der Waals surface area (Å²) in [5.41, 5.74) is 2.00. The molecule has 2 atom stereocenters. The van der Waals surface area contributed by atoms with E-state index in [0.717, 1.165) is 17.9 Å². The molecule has 0 saturated carbocycles. The largest absolute Gasteiger partial charge is 0.494 e. The number of rotatable bonds is 4. The topological polar surface area (TPSA) is 49.8 Å². The maximum atomic E-state index is 11.5. The van der Waals surface area contributed by atoms with Crippen molar-refractivity contribution in [1.29, 1.82) is 0 Å². The predicted molar refractivity (Wildman–Crippen MR) is 84.3 cm³/mol. The number of anilines is 1.